The van der Waals surface area contributed by atoms with Gasteiger partial charge in [0.15, 0.2) is 0 Å². The first-order valence-electron chi connectivity index (χ1n) is 2.19. The van der Waals surface area contributed by atoms with Gasteiger partial charge in [0.25, 0.3) is 0 Å². The summed E-state index contributed by atoms with van der Waals surface area (Å²) in [4.78, 5) is 33.0. The SMILES string of the molecule is O=[N+]([O-])[O-].O=[N+]([O-])[O-].O=[N+]([O-])[O-].O=[N+]([O-])[O-].[Pu].[U]. The van der Waals surface area contributed by atoms with E-state index in [1.165, 1.54) is 0 Å². The maximum Gasteiger partial charge on any atom is 0.0689 e. The summed E-state index contributed by atoms with van der Waals surface area (Å²) in [5.74, 6) is 0. The average molecular weight is 730 g/mol. The monoisotopic (exact) mass is 724 g/mol. The van der Waals surface area contributed by atoms with Gasteiger partial charge in [0.1, 0.15) is 0 Å². The van der Waals surface area contributed by atoms with E-state index >= 15 is 0 Å². The molecular formula is N4O12PuU-4. The van der Waals surface area contributed by atoms with Crippen LogP contribution >= 0.6 is 0 Å². The van der Waals surface area contributed by atoms with Crippen LogP contribution in [0.5, 0.6) is 0 Å². The van der Waals surface area contributed by atoms with Crippen LogP contribution in [0.4, 0.5) is 0 Å². The van der Waals surface area contributed by atoms with Gasteiger partial charge in [-0.25, -0.2) is 0 Å². The van der Waals surface area contributed by atoms with Gasteiger partial charge in [0.05, 0.1) is 20.3 Å². The van der Waals surface area contributed by atoms with Gasteiger partial charge in [-0.1, -0.05) is 0 Å². The molecule has 0 radical (unpaired) electrons. The van der Waals surface area contributed by atoms with E-state index in [0.717, 1.165) is 0 Å². The average Bonchev–Trinajstić information content (AvgIpc) is 1.76. The summed E-state index contributed by atoms with van der Waals surface area (Å²) in [6.45, 7) is 0. The van der Waals surface area contributed by atoms with Crippen LogP contribution in [-0.2, 0) is 0 Å². The Morgan fingerprint density at radius 2 is 0.444 bits per heavy atom. The van der Waals surface area contributed by atoms with Gasteiger partial charge >= 0.3 is 0 Å². The molecule has 0 aliphatic carbocycles. The molecule has 16 nitrogen and oxygen atoms in total. The van der Waals surface area contributed by atoms with Crippen LogP contribution in [-0.4, -0.2) is 20.3 Å². The van der Waals surface area contributed by atoms with Crippen molar-refractivity contribution in [1.82, 2.24) is 0 Å². The molecule has 0 saturated heterocycles. The Hall–Kier alpha value is -1.16. The van der Waals surface area contributed by atoms with Crippen LogP contribution in [0, 0.1) is 122 Å². The maximum absolute atomic E-state index is 8.25. The minimum absolute atomic E-state index is 0. The van der Waals surface area contributed by atoms with Crippen LogP contribution in [0.2, 0.25) is 0 Å². The van der Waals surface area contributed by atoms with E-state index in [2.05, 4.69) is 0 Å². The van der Waals surface area contributed by atoms with E-state index in [0.29, 0.717) is 0 Å². The first-order valence-corrected chi connectivity index (χ1v) is 2.19. The standard InChI is InChI=1S/4NO3.Pu.U/c4*2-1(3)4;;/q4*-1;;. The second-order valence-electron chi connectivity index (χ2n) is 0.894. The number of hydrogen-bond acceptors (Lipinski definition) is 12. The zero-order chi connectivity index (χ0) is 14.3. The Kier molecular flexibility index (Phi) is 59.3. The van der Waals surface area contributed by atoms with Crippen LogP contribution in [0.3, 0.4) is 0 Å². The van der Waals surface area contributed by atoms with E-state index in [9.17, 15) is 0 Å². The van der Waals surface area contributed by atoms with Crippen molar-refractivity contribution in [2.45, 2.75) is 0 Å². The molecule has 0 aromatic rings. The first kappa shape index (κ1) is 36.0. The molecule has 18 heavy (non-hydrogen) atoms. The van der Waals surface area contributed by atoms with E-state index < -0.39 is 20.3 Å². The smallest absolute Gasteiger partial charge is 0.0689 e. The number of hydrogen-bond donors (Lipinski definition) is 0. The molecule has 0 spiro atoms. The van der Waals surface area contributed by atoms with Gasteiger partial charge in [-0.05, 0) is 0 Å². The van der Waals surface area contributed by atoms with Gasteiger partial charge in [-0.2, -0.15) is 0 Å². The zero-order valence-corrected chi connectivity index (χ0v) is 15.2. The molecule has 0 N–H and O–H groups in total. The molecule has 106 valence electrons. The molecule has 0 rings (SSSR count). The quantitative estimate of drug-likeness (QED) is 0.216. The third kappa shape index (κ3) is 2110. The van der Waals surface area contributed by atoms with Crippen LogP contribution < -0.4 is 0 Å². The van der Waals surface area contributed by atoms with Crippen molar-refractivity contribution < 1.29 is 80.6 Å². The summed E-state index contributed by atoms with van der Waals surface area (Å²) < 4.78 is 0. The summed E-state index contributed by atoms with van der Waals surface area (Å²) >= 11 is 0. The number of rotatable bonds is 0. The predicted molar refractivity (Wildman–Crippen MR) is 41.4 cm³/mol. The minimum atomic E-state index is -1.75. The second-order valence-corrected chi connectivity index (χ2v) is 0.894. The normalized spacial score (nSPS) is 5.33. The van der Waals surface area contributed by atoms with E-state index in [4.69, 9.17) is 61.3 Å². The second kappa shape index (κ2) is 29.7. The fraction of sp³-hybridized carbons (Fsp3) is 0. The Balaban J connectivity index is -0.0000000257. The Morgan fingerprint density at radius 3 is 0.444 bits per heavy atom. The third-order valence-electron chi connectivity index (χ3n) is 0. The van der Waals surface area contributed by atoms with E-state index in [1.54, 1.807) is 0 Å². The fourth-order valence-electron chi connectivity index (χ4n) is 0. The molecule has 0 aromatic heterocycles. The maximum atomic E-state index is 8.25. The van der Waals surface area contributed by atoms with E-state index in [-0.39, 0.29) is 60.3 Å². The van der Waals surface area contributed by atoms with Crippen LogP contribution in [0.25, 0.3) is 0 Å². The van der Waals surface area contributed by atoms with Crippen LogP contribution in [0.1, 0.15) is 0 Å². The Morgan fingerprint density at radius 1 is 0.444 bits per heavy atom. The molecule has 0 bridgehead atoms. The van der Waals surface area contributed by atoms with Crippen molar-refractivity contribution in [3.8, 4) is 0 Å². The molecule has 0 aliphatic heterocycles. The van der Waals surface area contributed by atoms with Crippen molar-refractivity contribution in [3.63, 3.8) is 0 Å². The first-order chi connectivity index (χ1) is 6.93. The molecule has 18 heteroatoms. The zero-order valence-electron chi connectivity index (χ0n) is 7.60. The Bertz CT molecular complexity index is 164. The molecule has 0 unspecified atom stereocenters. The van der Waals surface area contributed by atoms with Crippen molar-refractivity contribution in [2.75, 3.05) is 0 Å². The molecule has 0 fully saturated rings. The molecule has 0 aliphatic rings. The summed E-state index contributed by atoms with van der Waals surface area (Å²) in [5.41, 5.74) is 0. The van der Waals surface area contributed by atoms with Gasteiger partial charge in [0.2, 0.25) is 0 Å². The Labute approximate surface area is 141 Å². The van der Waals surface area contributed by atoms with Gasteiger partial charge in [0, 0.05) is 60.3 Å². The van der Waals surface area contributed by atoms with Gasteiger partial charge in [-0.3, -0.25) is 0 Å². The third-order valence-corrected chi connectivity index (χ3v) is 0. The molecule has 0 atom stereocenters. The van der Waals surface area contributed by atoms with Crippen molar-refractivity contribution in [3.05, 3.63) is 61.3 Å². The van der Waals surface area contributed by atoms with Crippen molar-refractivity contribution in [1.29, 1.82) is 0 Å². The van der Waals surface area contributed by atoms with Gasteiger partial charge < -0.3 is 61.3 Å². The summed E-state index contributed by atoms with van der Waals surface area (Å²) in [6.07, 6.45) is 0. The molecule has 0 aromatic carbocycles. The van der Waals surface area contributed by atoms with Crippen molar-refractivity contribution in [2.24, 2.45) is 0 Å². The molecule has 0 heterocycles. The number of nitrogens with zero attached hydrogens (tertiary/aromatic N) is 4. The van der Waals surface area contributed by atoms with Crippen molar-refractivity contribution >= 4 is 0 Å². The van der Waals surface area contributed by atoms with Gasteiger partial charge in [-0.15, -0.1) is 0 Å². The summed E-state index contributed by atoms with van der Waals surface area (Å²) in [6, 6.07) is 0. The van der Waals surface area contributed by atoms with Crippen LogP contribution in [0.15, 0.2) is 0 Å². The largest absolute Gasteiger partial charge is 0.356 e. The predicted octanol–water partition coefficient (Wildman–Crippen LogP) is -0.956. The fourth-order valence-corrected chi connectivity index (χ4v) is 0. The molecule has 0 amide bonds. The topological polar surface area (TPSA) is 265 Å². The summed E-state index contributed by atoms with van der Waals surface area (Å²) in [7, 11) is 0. The summed E-state index contributed by atoms with van der Waals surface area (Å²) in [5, 5.41) is 59.0. The van der Waals surface area contributed by atoms with E-state index in [1.807, 2.05) is 0 Å². The molecule has 0 saturated carbocycles. The molecular weight excluding hydrogens is 730 g/mol. The minimum Gasteiger partial charge on any atom is -0.356 e.